The minimum Gasteiger partial charge on any atom is -0.448 e. The Hall–Kier alpha value is -1.56. The minimum absolute atomic E-state index is 0.158. The summed E-state index contributed by atoms with van der Waals surface area (Å²) in [6, 6.07) is 7.71. The van der Waals surface area contributed by atoms with Crippen molar-refractivity contribution in [2.24, 2.45) is 5.92 Å². The van der Waals surface area contributed by atoms with E-state index in [0.717, 1.165) is 17.5 Å². The van der Waals surface area contributed by atoms with Gasteiger partial charge in [0.25, 0.3) is 0 Å². The molecule has 1 heterocycles. The highest BCUT2D eigenvalue weighted by molar-refractivity contribution is 7.90. The second-order valence-corrected chi connectivity index (χ2v) is 8.11. The van der Waals surface area contributed by atoms with Gasteiger partial charge in [-0.25, -0.2) is 13.2 Å². The van der Waals surface area contributed by atoms with Crippen molar-refractivity contribution >= 4 is 15.9 Å². The van der Waals surface area contributed by atoms with Crippen LogP contribution < -0.4 is 0 Å². The van der Waals surface area contributed by atoms with Crippen LogP contribution in [0.15, 0.2) is 24.3 Å². The molecule has 1 amide bonds. The Labute approximate surface area is 124 Å². The van der Waals surface area contributed by atoms with Crippen molar-refractivity contribution in [1.29, 1.82) is 0 Å². The number of benzene rings is 1. The van der Waals surface area contributed by atoms with Gasteiger partial charge in [-0.3, -0.25) is 0 Å². The van der Waals surface area contributed by atoms with Gasteiger partial charge < -0.3 is 9.64 Å². The van der Waals surface area contributed by atoms with Crippen LogP contribution in [-0.4, -0.2) is 45.4 Å². The summed E-state index contributed by atoms with van der Waals surface area (Å²) in [5.74, 6) is 0.158. The molecule has 1 aliphatic carbocycles. The molecule has 1 fully saturated rings. The van der Waals surface area contributed by atoms with Crippen LogP contribution in [0.3, 0.4) is 0 Å². The number of ether oxygens (including phenoxy) is 1. The van der Waals surface area contributed by atoms with E-state index in [1.54, 1.807) is 4.90 Å². The third kappa shape index (κ3) is 2.90. The number of hydrogen-bond acceptors (Lipinski definition) is 4. The second-order valence-electron chi connectivity index (χ2n) is 5.88. The third-order valence-corrected chi connectivity index (χ3v) is 5.78. The number of rotatable bonds is 3. The summed E-state index contributed by atoms with van der Waals surface area (Å²) in [5, 5.41) is -0.467. The molecule has 2 atom stereocenters. The minimum atomic E-state index is -3.15. The van der Waals surface area contributed by atoms with Crippen molar-refractivity contribution in [3.63, 3.8) is 0 Å². The number of fused-ring (bicyclic) bond motifs is 1. The first-order chi connectivity index (χ1) is 9.95. The number of hydrogen-bond donors (Lipinski definition) is 0. The van der Waals surface area contributed by atoms with E-state index in [9.17, 15) is 13.2 Å². The first-order valence-corrected chi connectivity index (χ1v) is 9.09. The zero-order valence-corrected chi connectivity index (χ0v) is 12.8. The van der Waals surface area contributed by atoms with Crippen LogP contribution in [0, 0.1) is 5.92 Å². The summed E-state index contributed by atoms with van der Waals surface area (Å²) in [7, 11) is -3.15. The maximum Gasteiger partial charge on any atom is 0.409 e. The van der Waals surface area contributed by atoms with Crippen molar-refractivity contribution in [3.05, 3.63) is 35.4 Å². The van der Waals surface area contributed by atoms with Gasteiger partial charge in [-0.2, -0.15) is 0 Å². The molecule has 1 aromatic carbocycles. The number of sulfone groups is 1. The van der Waals surface area contributed by atoms with Crippen LogP contribution in [-0.2, 0) is 21.0 Å². The molecule has 0 aromatic heterocycles. The van der Waals surface area contributed by atoms with Crippen molar-refractivity contribution in [2.75, 3.05) is 26.0 Å². The standard InChI is InChI=1S/C15H19NO4S/c1-21(18,19)14-9-11(10-16-6-7-20-15(16)17)8-12-4-2-3-5-13(12)14/h2-5,11,14H,6-10H2,1H3/t11-,14?/m1/s1. The predicted octanol–water partition coefficient (Wildman–Crippen LogP) is 1.79. The molecule has 1 saturated heterocycles. The number of carbonyl (C=O) groups excluding carboxylic acids is 1. The number of nitrogens with zero attached hydrogens (tertiary/aromatic N) is 1. The molecule has 2 aliphatic rings. The third-order valence-electron chi connectivity index (χ3n) is 4.30. The smallest absolute Gasteiger partial charge is 0.409 e. The number of carbonyl (C=O) groups is 1. The largest absolute Gasteiger partial charge is 0.448 e. The highest BCUT2D eigenvalue weighted by Crippen LogP contribution is 2.38. The second kappa shape index (κ2) is 5.33. The lowest BCUT2D eigenvalue weighted by molar-refractivity contribution is 0.153. The van der Waals surface area contributed by atoms with Crippen molar-refractivity contribution in [2.45, 2.75) is 18.1 Å². The first kappa shape index (κ1) is 14.4. The summed E-state index contributed by atoms with van der Waals surface area (Å²) in [6.45, 7) is 1.59. The summed E-state index contributed by atoms with van der Waals surface area (Å²) >= 11 is 0. The van der Waals surface area contributed by atoms with Gasteiger partial charge in [-0.1, -0.05) is 24.3 Å². The highest BCUT2D eigenvalue weighted by Gasteiger charge is 2.35. The van der Waals surface area contributed by atoms with E-state index < -0.39 is 15.1 Å². The van der Waals surface area contributed by atoms with E-state index in [1.165, 1.54) is 6.26 Å². The Morgan fingerprint density at radius 1 is 1.33 bits per heavy atom. The van der Waals surface area contributed by atoms with Crippen LogP contribution in [0.4, 0.5) is 4.79 Å². The molecule has 0 spiro atoms. The molecule has 0 radical (unpaired) electrons. The van der Waals surface area contributed by atoms with Gasteiger partial charge in [-0.05, 0) is 29.9 Å². The Bertz CT molecular complexity index is 655. The van der Waals surface area contributed by atoms with E-state index in [-0.39, 0.29) is 12.0 Å². The number of cyclic esters (lactones) is 1. The van der Waals surface area contributed by atoms with E-state index in [2.05, 4.69) is 0 Å². The van der Waals surface area contributed by atoms with Gasteiger partial charge in [0, 0.05) is 12.8 Å². The van der Waals surface area contributed by atoms with Gasteiger partial charge in [0.15, 0.2) is 9.84 Å². The summed E-state index contributed by atoms with van der Waals surface area (Å²) < 4.78 is 29.1. The van der Waals surface area contributed by atoms with Crippen LogP contribution in [0.25, 0.3) is 0 Å². The maximum absolute atomic E-state index is 12.1. The molecule has 3 rings (SSSR count). The van der Waals surface area contributed by atoms with E-state index in [4.69, 9.17) is 4.74 Å². The molecule has 1 unspecified atom stereocenters. The lowest BCUT2D eigenvalue weighted by Crippen LogP contribution is -2.35. The molecule has 1 aliphatic heterocycles. The fraction of sp³-hybridized carbons (Fsp3) is 0.533. The van der Waals surface area contributed by atoms with Crippen molar-refractivity contribution < 1.29 is 17.9 Å². The topological polar surface area (TPSA) is 63.7 Å². The average Bonchev–Trinajstić information content (AvgIpc) is 2.82. The molecule has 114 valence electrons. The fourth-order valence-corrected chi connectivity index (χ4v) is 4.62. The van der Waals surface area contributed by atoms with E-state index >= 15 is 0 Å². The van der Waals surface area contributed by atoms with Gasteiger partial charge >= 0.3 is 6.09 Å². The quantitative estimate of drug-likeness (QED) is 0.854. The molecular weight excluding hydrogens is 290 g/mol. The molecule has 0 bridgehead atoms. The highest BCUT2D eigenvalue weighted by atomic mass is 32.2. The normalized spacial score (nSPS) is 25.6. The Kier molecular flexibility index (Phi) is 3.65. The van der Waals surface area contributed by atoms with Crippen LogP contribution in [0.2, 0.25) is 0 Å². The van der Waals surface area contributed by atoms with Gasteiger partial charge in [0.05, 0.1) is 11.8 Å². The predicted molar refractivity (Wildman–Crippen MR) is 78.8 cm³/mol. The van der Waals surface area contributed by atoms with Gasteiger partial charge in [-0.15, -0.1) is 0 Å². The lowest BCUT2D eigenvalue weighted by atomic mass is 9.83. The van der Waals surface area contributed by atoms with Crippen molar-refractivity contribution in [1.82, 2.24) is 4.90 Å². The van der Waals surface area contributed by atoms with Gasteiger partial charge in [0.1, 0.15) is 6.61 Å². The first-order valence-electron chi connectivity index (χ1n) is 7.13. The molecular formula is C15H19NO4S. The van der Waals surface area contributed by atoms with Gasteiger partial charge in [0.2, 0.25) is 0 Å². The fourth-order valence-electron chi connectivity index (χ4n) is 3.31. The molecule has 0 N–H and O–H groups in total. The van der Waals surface area contributed by atoms with E-state index in [0.29, 0.717) is 26.1 Å². The zero-order chi connectivity index (χ0) is 15.0. The summed E-state index contributed by atoms with van der Waals surface area (Å²) in [6.07, 6.45) is 2.39. The lowest BCUT2D eigenvalue weighted by Gasteiger charge is -2.32. The molecule has 1 aromatic rings. The Morgan fingerprint density at radius 3 is 2.76 bits per heavy atom. The summed E-state index contributed by atoms with van der Waals surface area (Å²) in [5.41, 5.74) is 2.00. The van der Waals surface area contributed by atoms with Crippen LogP contribution in [0.1, 0.15) is 22.8 Å². The number of amides is 1. The average molecular weight is 309 g/mol. The Morgan fingerprint density at radius 2 is 2.10 bits per heavy atom. The monoisotopic (exact) mass is 309 g/mol. The zero-order valence-electron chi connectivity index (χ0n) is 12.0. The molecule has 0 saturated carbocycles. The van der Waals surface area contributed by atoms with Crippen molar-refractivity contribution in [3.8, 4) is 0 Å². The van der Waals surface area contributed by atoms with E-state index in [1.807, 2.05) is 24.3 Å². The van der Waals surface area contributed by atoms with Crippen LogP contribution in [0.5, 0.6) is 0 Å². The Balaban J connectivity index is 1.85. The molecule has 5 nitrogen and oxygen atoms in total. The van der Waals surface area contributed by atoms with Crippen LogP contribution >= 0.6 is 0 Å². The maximum atomic E-state index is 12.1. The molecule has 21 heavy (non-hydrogen) atoms. The SMILES string of the molecule is CS(=O)(=O)C1C[C@H](CN2CCOC2=O)Cc2ccccc21. The molecule has 6 heteroatoms. The summed E-state index contributed by atoms with van der Waals surface area (Å²) in [4.78, 5) is 13.2.